The van der Waals surface area contributed by atoms with Crippen LogP contribution in [0.3, 0.4) is 0 Å². The third-order valence-electron chi connectivity index (χ3n) is 8.16. The smallest absolute Gasteiger partial charge is 0.189 e. The Balaban J connectivity index is 1.15. The number of nitrogens with zero attached hydrogens (tertiary/aromatic N) is 4. The van der Waals surface area contributed by atoms with Gasteiger partial charge in [0.2, 0.25) is 0 Å². The molecular formula is C23H36N4O14. The van der Waals surface area contributed by atoms with Crippen LogP contribution in [0.25, 0.3) is 10.4 Å². The van der Waals surface area contributed by atoms with E-state index in [1.54, 1.807) is 13.8 Å². The lowest BCUT2D eigenvalue weighted by atomic mass is 10.0. The first-order valence-electron chi connectivity index (χ1n) is 13.5. The van der Waals surface area contributed by atoms with Crippen LogP contribution < -0.4 is 0 Å². The van der Waals surface area contributed by atoms with Crippen molar-refractivity contribution >= 4 is 0 Å². The van der Waals surface area contributed by atoms with Crippen LogP contribution in [0.4, 0.5) is 0 Å². The first-order chi connectivity index (χ1) is 19.6. The number of fused-ring (bicyclic) bond motifs is 3. The molecule has 0 aromatic heterocycles. The van der Waals surface area contributed by atoms with Gasteiger partial charge in [-0.2, -0.15) is 0 Å². The summed E-state index contributed by atoms with van der Waals surface area (Å²) in [5.74, 6) is -0.976. The normalized spacial score (nSPS) is 46.7. The predicted molar refractivity (Wildman–Crippen MR) is 127 cm³/mol. The summed E-state index contributed by atoms with van der Waals surface area (Å²) >= 11 is 0. The molecule has 41 heavy (non-hydrogen) atoms. The fraction of sp³-hybridized carbons (Fsp3) is 1.00. The third-order valence-corrected chi connectivity index (χ3v) is 8.16. The summed E-state index contributed by atoms with van der Waals surface area (Å²) in [5.41, 5.74) is 9.16. The zero-order valence-electron chi connectivity index (χ0n) is 22.4. The molecule has 0 aromatic carbocycles. The summed E-state index contributed by atoms with van der Waals surface area (Å²) in [4.78, 5) is 4.37. The minimum absolute atomic E-state index is 0.0425. The van der Waals surface area contributed by atoms with E-state index in [-0.39, 0.29) is 33.2 Å². The van der Waals surface area contributed by atoms with E-state index in [1.165, 1.54) is 4.90 Å². The second kappa shape index (κ2) is 11.7. The van der Waals surface area contributed by atoms with Gasteiger partial charge in [0.1, 0.15) is 42.7 Å². The highest BCUT2D eigenvalue weighted by molar-refractivity contribution is 5.02. The molecule has 0 radical (unpaired) electrons. The van der Waals surface area contributed by atoms with E-state index in [4.69, 9.17) is 48.2 Å². The molecular weight excluding hydrogens is 556 g/mol. The molecule has 6 rings (SSSR count). The van der Waals surface area contributed by atoms with Crippen molar-refractivity contribution in [3.63, 3.8) is 0 Å². The van der Waals surface area contributed by atoms with Gasteiger partial charge in [0, 0.05) is 24.5 Å². The molecule has 0 saturated carbocycles. The second-order valence-electron chi connectivity index (χ2n) is 11.4. The van der Waals surface area contributed by atoms with Crippen LogP contribution in [0.15, 0.2) is 5.11 Å². The van der Waals surface area contributed by atoms with Crippen LogP contribution in [0, 0.1) is 0 Å². The quantitative estimate of drug-likeness (QED) is 0.0956. The van der Waals surface area contributed by atoms with Crippen LogP contribution in [0.2, 0.25) is 0 Å². The van der Waals surface area contributed by atoms with Crippen LogP contribution in [-0.2, 0) is 42.6 Å². The summed E-state index contributed by atoms with van der Waals surface area (Å²) in [5, 5.41) is 58.4. The van der Waals surface area contributed by atoms with E-state index < -0.39 is 97.8 Å². The molecule has 18 heteroatoms. The lowest BCUT2D eigenvalue weighted by molar-refractivity contribution is -0.217. The minimum atomic E-state index is -1.31. The molecule has 18 nitrogen and oxygen atoms in total. The molecule has 0 unspecified atom stereocenters. The largest absolute Gasteiger partial charge is 0.389 e. The van der Waals surface area contributed by atoms with Crippen LogP contribution in [0.1, 0.15) is 13.8 Å². The molecule has 6 aliphatic heterocycles. The molecule has 6 heterocycles. The molecule has 0 spiro atoms. The Labute approximate surface area is 234 Å². The fourth-order valence-corrected chi connectivity index (χ4v) is 6.30. The van der Waals surface area contributed by atoms with Gasteiger partial charge in [0.15, 0.2) is 38.2 Å². The van der Waals surface area contributed by atoms with Crippen LogP contribution in [-0.4, -0.2) is 161 Å². The maximum atomic E-state index is 11.3. The summed E-state index contributed by atoms with van der Waals surface area (Å²) in [6.45, 7) is 2.67. The maximum absolute atomic E-state index is 11.3. The number of hydrogen-bond acceptors (Lipinski definition) is 16. The number of rotatable bonds is 10. The fourth-order valence-electron chi connectivity index (χ4n) is 6.30. The standard InChI is InChI=1S/C23H36N4O14/c1-23(2)40-17-11(25-26-24)14(37-22(17)41-23)8(28)3-27(4-9(29)15-12(31)18-20(38-15)35-6-33-18)5-10(30)16-13(32)19-21(39-16)36-7-34-19/h8-22,28-32H,3-7H2,1-2H3/t8-,9+,10+,11+,12-,13-,14-,15+,16+,17-,18+,19+,20-,21-,22-/m1/s1. The number of azide groups is 1. The Morgan fingerprint density at radius 2 is 1.24 bits per heavy atom. The van der Waals surface area contributed by atoms with Gasteiger partial charge in [-0.1, -0.05) is 5.11 Å². The summed E-state index contributed by atoms with van der Waals surface area (Å²) in [6, 6.07) is -0.930. The van der Waals surface area contributed by atoms with Gasteiger partial charge in [0.05, 0.1) is 30.5 Å². The zero-order valence-corrected chi connectivity index (χ0v) is 22.4. The third kappa shape index (κ3) is 5.69. The van der Waals surface area contributed by atoms with Gasteiger partial charge in [0.25, 0.3) is 0 Å². The lowest BCUT2D eigenvalue weighted by Crippen LogP contribution is -2.53. The Morgan fingerprint density at radius 3 is 1.73 bits per heavy atom. The molecule has 0 aliphatic carbocycles. The van der Waals surface area contributed by atoms with Crippen LogP contribution >= 0.6 is 0 Å². The Bertz CT molecular complexity index is 948. The summed E-state index contributed by atoms with van der Waals surface area (Å²) < 4.78 is 49.9. The van der Waals surface area contributed by atoms with Crippen molar-refractivity contribution in [2.45, 2.75) is 112 Å². The van der Waals surface area contributed by atoms with Gasteiger partial charge < -0.3 is 68.2 Å². The van der Waals surface area contributed by atoms with E-state index in [9.17, 15) is 25.5 Å². The van der Waals surface area contributed by atoms with Crippen molar-refractivity contribution in [3.05, 3.63) is 10.4 Å². The number of hydrogen-bond donors (Lipinski definition) is 5. The average Bonchev–Trinajstić information content (AvgIpc) is 3.72. The Morgan fingerprint density at radius 1 is 0.756 bits per heavy atom. The topological polar surface area (TPSA) is 236 Å². The van der Waals surface area contributed by atoms with Gasteiger partial charge in [-0.05, 0) is 19.4 Å². The second-order valence-corrected chi connectivity index (χ2v) is 11.4. The van der Waals surface area contributed by atoms with E-state index in [1.807, 2.05) is 0 Å². The zero-order chi connectivity index (χ0) is 29.1. The monoisotopic (exact) mass is 592 g/mol. The first kappa shape index (κ1) is 29.8. The molecule has 6 aliphatic rings. The lowest BCUT2D eigenvalue weighted by Gasteiger charge is -2.35. The summed E-state index contributed by atoms with van der Waals surface area (Å²) in [7, 11) is 0. The molecule has 0 bridgehead atoms. The molecule has 0 amide bonds. The van der Waals surface area contributed by atoms with Crippen LogP contribution in [0.5, 0.6) is 0 Å². The SMILES string of the molecule is CC1(C)O[C@H]2O[C@H]([C@H](O)CN(C[C@H](O)[C@@H]3O[C@H]4OCO[C@H]4[C@@H]3O)C[C@H](O)[C@@H]3O[C@H]4OCO[C@H]4[C@@H]3O)[C@H](N=[N+]=[N-])[C@H]2O1. The number of aliphatic hydroxyl groups excluding tert-OH is 5. The first-order valence-corrected chi connectivity index (χ1v) is 13.5. The molecule has 6 fully saturated rings. The number of ether oxygens (including phenoxy) is 9. The van der Waals surface area contributed by atoms with E-state index in [0.29, 0.717) is 0 Å². The summed E-state index contributed by atoms with van der Waals surface area (Å²) in [6.07, 6.45) is -14.4. The molecule has 232 valence electrons. The van der Waals surface area contributed by atoms with E-state index in [2.05, 4.69) is 10.0 Å². The molecule has 0 aromatic rings. The Kier molecular flexibility index (Phi) is 8.47. The van der Waals surface area contributed by atoms with Gasteiger partial charge in [-0.15, -0.1) is 0 Å². The maximum Gasteiger partial charge on any atom is 0.189 e. The minimum Gasteiger partial charge on any atom is -0.389 e. The average molecular weight is 593 g/mol. The highest BCUT2D eigenvalue weighted by atomic mass is 16.8. The van der Waals surface area contributed by atoms with Gasteiger partial charge in [-0.3, -0.25) is 4.90 Å². The van der Waals surface area contributed by atoms with Gasteiger partial charge >= 0.3 is 0 Å². The predicted octanol–water partition coefficient (Wildman–Crippen LogP) is -3.16. The van der Waals surface area contributed by atoms with Crippen molar-refractivity contribution < 1.29 is 68.2 Å². The van der Waals surface area contributed by atoms with E-state index >= 15 is 0 Å². The van der Waals surface area contributed by atoms with E-state index in [0.717, 1.165) is 0 Å². The van der Waals surface area contributed by atoms with Crippen molar-refractivity contribution in [3.8, 4) is 0 Å². The molecule has 6 saturated heterocycles. The van der Waals surface area contributed by atoms with Gasteiger partial charge in [-0.25, -0.2) is 0 Å². The highest BCUT2D eigenvalue weighted by Crippen LogP contribution is 2.40. The van der Waals surface area contributed by atoms with Crippen molar-refractivity contribution in [1.82, 2.24) is 4.90 Å². The van der Waals surface area contributed by atoms with Crippen molar-refractivity contribution in [1.29, 1.82) is 0 Å². The van der Waals surface area contributed by atoms with Crippen molar-refractivity contribution in [2.24, 2.45) is 5.11 Å². The molecule has 5 N–H and O–H groups in total. The molecule has 15 atom stereocenters. The Hall–Kier alpha value is -1.29. The van der Waals surface area contributed by atoms with Crippen molar-refractivity contribution in [2.75, 3.05) is 33.2 Å². The highest BCUT2D eigenvalue weighted by Gasteiger charge is 2.57. The number of aliphatic hydroxyl groups is 5.